The molecule has 2 N–H and O–H groups in total. The molecule has 0 amide bonds. The van der Waals surface area contributed by atoms with Crippen molar-refractivity contribution < 1.29 is 18.9 Å². The number of aliphatic imine (C=N–C) groups is 1. The van der Waals surface area contributed by atoms with Crippen LogP contribution in [0, 0.1) is 12.8 Å². The SMILES string of the molecule is CN=C(NCc1ccc(C)cc1OCC1CCOC1)NCc1cccnc1OCCOC. The molecule has 8 heteroatoms. The minimum Gasteiger partial charge on any atom is -0.493 e. The van der Waals surface area contributed by atoms with Crippen molar-refractivity contribution in [2.24, 2.45) is 10.9 Å². The van der Waals surface area contributed by atoms with Gasteiger partial charge in [0.05, 0.1) is 19.8 Å². The van der Waals surface area contributed by atoms with E-state index in [9.17, 15) is 0 Å². The monoisotopic (exact) mass is 442 g/mol. The van der Waals surface area contributed by atoms with Crippen molar-refractivity contribution in [1.29, 1.82) is 0 Å². The van der Waals surface area contributed by atoms with E-state index < -0.39 is 0 Å². The molecule has 1 saturated heterocycles. The molecular formula is C24H34N4O4. The van der Waals surface area contributed by atoms with Crippen molar-refractivity contribution in [2.75, 3.05) is 47.2 Å². The third kappa shape index (κ3) is 7.39. The Morgan fingerprint density at radius 1 is 1.16 bits per heavy atom. The Morgan fingerprint density at radius 2 is 2.00 bits per heavy atom. The third-order valence-corrected chi connectivity index (χ3v) is 5.21. The van der Waals surface area contributed by atoms with Crippen molar-refractivity contribution in [3.05, 3.63) is 53.2 Å². The molecule has 1 unspecified atom stereocenters. The maximum Gasteiger partial charge on any atom is 0.218 e. The van der Waals surface area contributed by atoms with Crippen LogP contribution in [-0.2, 0) is 22.6 Å². The summed E-state index contributed by atoms with van der Waals surface area (Å²) >= 11 is 0. The summed E-state index contributed by atoms with van der Waals surface area (Å²) in [7, 11) is 3.40. The van der Waals surface area contributed by atoms with E-state index in [1.165, 1.54) is 5.56 Å². The van der Waals surface area contributed by atoms with Crippen LogP contribution in [0.4, 0.5) is 0 Å². The Kier molecular flexibility index (Phi) is 9.59. The number of aryl methyl sites for hydroxylation is 1. The summed E-state index contributed by atoms with van der Waals surface area (Å²) in [5.41, 5.74) is 3.21. The summed E-state index contributed by atoms with van der Waals surface area (Å²) < 4.78 is 22.3. The number of ether oxygens (including phenoxy) is 4. The fourth-order valence-corrected chi connectivity index (χ4v) is 3.35. The number of guanidine groups is 1. The van der Waals surface area contributed by atoms with Gasteiger partial charge in [-0.1, -0.05) is 18.2 Å². The van der Waals surface area contributed by atoms with Crippen LogP contribution in [0.15, 0.2) is 41.5 Å². The van der Waals surface area contributed by atoms with Gasteiger partial charge in [-0.2, -0.15) is 0 Å². The van der Waals surface area contributed by atoms with Gasteiger partial charge in [0.1, 0.15) is 12.4 Å². The van der Waals surface area contributed by atoms with Gasteiger partial charge in [-0.25, -0.2) is 4.98 Å². The van der Waals surface area contributed by atoms with Crippen LogP contribution >= 0.6 is 0 Å². The molecule has 1 aromatic heterocycles. The van der Waals surface area contributed by atoms with Gasteiger partial charge in [-0.15, -0.1) is 0 Å². The summed E-state index contributed by atoms with van der Waals surface area (Å²) in [6, 6.07) is 10.1. The maximum atomic E-state index is 6.14. The second-order valence-electron chi connectivity index (χ2n) is 7.74. The maximum absolute atomic E-state index is 6.14. The van der Waals surface area contributed by atoms with Gasteiger partial charge in [-0.3, -0.25) is 4.99 Å². The van der Waals surface area contributed by atoms with Gasteiger partial charge in [0.25, 0.3) is 0 Å². The number of nitrogens with one attached hydrogen (secondary N) is 2. The Bertz CT molecular complexity index is 869. The van der Waals surface area contributed by atoms with Crippen molar-refractivity contribution in [1.82, 2.24) is 15.6 Å². The molecule has 0 saturated carbocycles. The summed E-state index contributed by atoms with van der Waals surface area (Å²) in [6.45, 7) is 6.46. The quantitative estimate of drug-likeness (QED) is 0.314. The number of aromatic nitrogens is 1. The molecule has 1 aliphatic rings. The molecule has 0 aliphatic carbocycles. The molecule has 0 spiro atoms. The number of benzene rings is 1. The van der Waals surface area contributed by atoms with Crippen molar-refractivity contribution in [2.45, 2.75) is 26.4 Å². The van der Waals surface area contributed by atoms with Gasteiger partial charge in [0.2, 0.25) is 5.88 Å². The zero-order chi connectivity index (χ0) is 22.6. The highest BCUT2D eigenvalue weighted by Gasteiger charge is 2.17. The molecule has 2 aromatic rings. The Hall–Kier alpha value is -2.84. The third-order valence-electron chi connectivity index (χ3n) is 5.21. The summed E-state index contributed by atoms with van der Waals surface area (Å²) in [5.74, 6) is 2.65. The minimum absolute atomic E-state index is 0.455. The van der Waals surface area contributed by atoms with Gasteiger partial charge < -0.3 is 29.6 Å². The van der Waals surface area contributed by atoms with Gasteiger partial charge in [0.15, 0.2) is 5.96 Å². The summed E-state index contributed by atoms with van der Waals surface area (Å²) in [5, 5.41) is 6.69. The highest BCUT2D eigenvalue weighted by molar-refractivity contribution is 5.79. The lowest BCUT2D eigenvalue weighted by atomic mass is 10.1. The number of pyridine rings is 1. The predicted octanol–water partition coefficient (Wildman–Crippen LogP) is 2.70. The van der Waals surface area contributed by atoms with E-state index in [0.717, 1.165) is 36.5 Å². The first-order valence-corrected chi connectivity index (χ1v) is 11.0. The molecule has 2 heterocycles. The van der Waals surface area contributed by atoms with Gasteiger partial charge >= 0.3 is 0 Å². The highest BCUT2D eigenvalue weighted by atomic mass is 16.5. The second-order valence-corrected chi connectivity index (χ2v) is 7.74. The molecule has 0 radical (unpaired) electrons. The molecule has 32 heavy (non-hydrogen) atoms. The lowest BCUT2D eigenvalue weighted by Crippen LogP contribution is -2.36. The average Bonchev–Trinajstić information content (AvgIpc) is 3.33. The van der Waals surface area contributed by atoms with Crippen LogP contribution in [0.1, 0.15) is 23.1 Å². The van der Waals surface area contributed by atoms with Gasteiger partial charge in [-0.05, 0) is 31.0 Å². The second kappa shape index (κ2) is 12.9. The number of hydrogen-bond donors (Lipinski definition) is 2. The molecule has 0 bridgehead atoms. The van der Waals surface area contributed by atoms with Crippen LogP contribution in [0.5, 0.6) is 11.6 Å². The zero-order valence-corrected chi connectivity index (χ0v) is 19.2. The molecule has 1 atom stereocenters. The predicted molar refractivity (Wildman–Crippen MR) is 124 cm³/mol. The van der Waals surface area contributed by atoms with E-state index in [1.807, 2.05) is 12.1 Å². The Balaban J connectivity index is 1.54. The first-order chi connectivity index (χ1) is 15.7. The van der Waals surface area contributed by atoms with Crippen LogP contribution in [0.3, 0.4) is 0 Å². The van der Waals surface area contributed by atoms with Crippen molar-refractivity contribution in [3.63, 3.8) is 0 Å². The van der Waals surface area contributed by atoms with E-state index in [0.29, 0.717) is 50.7 Å². The molecule has 8 nitrogen and oxygen atoms in total. The molecule has 174 valence electrons. The van der Waals surface area contributed by atoms with Gasteiger partial charge in [0, 0.05) is 57.1 Å². The van der Waals surface area contributed by atoms with E-state index in [1.54, 1.807) is 20.4 Å². The summed E-state index contributed by atoms with van der Waals surface area (Å²) in [4.78, 5) is 8.65. The van der Waals surface area contributed by atoms with Crippen LogP contribution in [0.25, 0.3) is 0 Å². The fraction of sp³-hybridized carbons (Fsp3) is 0.500. The van der Waals surface area contributed by atoms with E-state index in [2.05, 4.69) is 45.7 Å². The Morgan fingerprint density at radius 3 is 2.75 bits per heavy atom. The summed E-state index contributed by atoms with van der Waals surface area (Å²) in [6.07, 6.45) is 2.77. The molecule has 1 aromatic carbocycles. The fourth-order valence-electron chi connectivity index (χ4n) is 3.35. The molecule has 1 aliphatic heterocycles. The number of nitrogens with zero attached hydrogens (tertiary/aromatic N) is 2. The largest absolute Gasteiger partial charge is 0.493 e. The first kappa shape index (κ1) is 23.8. The average molecular weight is 443 g/mol. The van der Waals surface area contributed by atoms with Crippen LogP contribution in [0.2, 0.25) is 0 Å². The van der Waals surface area contributed by atoms with E-state index in [4.69, 9.17) is 18.9 Å². The van der Waals surface area contributed by atoms with E-state index >= 15 is 0 Å². The lowest BCUT2D eigenvalue weighted by molar-refractivity contribution is 0.143. The van der Waals surface area contributed by atoms with Crippen molar-refractivity contribution >= 4 is 5.96 Å². The first-order valence-electron chi connectivity index (χ1n) is 11.0. The Labute approximate surface area is 190 Å². The number of hydrogen-bond acceptors (Lipinski definition) is 6. The zero-order valence-electron chi connectivity index (χ0n) is 19.2. The minimum atomic E-state index is 0.455. The smallest absolute Gasteiger partial charge is 0.218 e. The lowest BCUT2D eigenvalue weighted by Gasteiger charge is -2.17. The number of rotatable bonds is 11. The van der Waals surface area contributed by atoms with Crippen molar-refractivity contribution in [3.8, 4) is 11.6 Å². The standard InChI is InChI=1S/C24H34N4O4/c1-18-6-7-20(22(13-18)32-17-19-8-10-30-16-19)14-27-24(25-2)28-15-21-5-4-9-26-23(21)31-12-11-29-3/h4-7,9,13,19H,8,10-12,14-17H2,1-3H3,(H2,25,27,28). The van der Waals surface area contributed by atoms with Crippen LogP contribution in [-0.4, -0.2) is 58.1 Å². The molecular weight excluding hydrogens is 408 g/mol. The topological polar surface area (TPSA) is 86.2 Å². The highest BCUT2D eigenvalue weighted by Crippen LogP contribution is 2.22. The molecule has 1 fully saturated rings. The van der Waals surface area contributed by atoms with E-state index in [-0.39, 0.29) is 0 Å². The number of methoxy groups -OCH3 is 1. The normalized spacial score (nSPS) is 16.1. The molecule has 3 rings (SSSR count). The van der Waals surface area contributed by atoms with Crippen LogP contribution < -0.4 is 20.1 Å².